The van der Waals surface area contributed by atoms with Crippen molar-refractivity contribution >= 4 is 5.91 Å². The summed E-state index contributed by atoms with van der Waals surface area (Å²) in [6.07, 6.45) is 4.73. The Morgan fingerprint density at radius 1 is 1.07 bits per heavy atom. The monoisotopic (exact) mass is 389 g/mol. The van der Waals surface area contributed by atoms with Crippen LogP contribution in [0.15, 0.2) is 24.3 Å². The van der Waals surface area contributed by atoms with Crippen molar-refractivity contribution in [2.75, 3.05) is 52.4 Å². The first kappa shape index (κ1) is 19.8. The zero-order valence-corrected chi connectivity index (χ0v) is 16.7. The van der Waals surface area contributed by atoms with Gasteiger partial charge in [-0.05, 0) is 49.9 Å². The summed E-state index contributed by atoms with van der Waals surface area (Å²) >= 11 is 0. The first-order valence-corrected chi connectivity index (χ1v) is 10.8. The zero-order valence-electron chi connectivity index (χ0n) is 16.7. The molecule has 2 atom stereocenters. The van der Waals surface area contributed by atoms with E-state index < -0.39 is 0 Å². The molecule has 2 unspecified atom stereocenters. The van der Waals surface area contributed by atoms with Gasteiger partial charge in [-0.2, -0.15) is 0 Å². The van der Waals surface area contributed by atoms with Crippen molar-refractivity contribution in [3.63, 3.8) is 0 Å². The molecular weight excluding hydrogens is 357 g/mol. The van der Waals surface area contributed by atoms with E-state index in [1.807, 2.05) is 6.07 Å². The van der Waals surface area contributed by atoms with Crippen molar-refractivity contribution in [3.8, 4) is 0 Å². The number of nitrogens with zero attached hydrogens (tertiary/aromatic N) is 3. The van der Waals surface area contributed by atoms with E-state index in [-0.39, 0.29) is 11.7 Å². The molecule has 3 fully saturated rings. The number of carbonyl (C=O) groups is 1. The molecule has 154 valence electrons. The summed E-state index contributed by atoms with van der Waals surface area (Å²) in [5.74, 6) is 0.191. The molecule has 0 bridgehead atoms. The average molecular weight is 390 g/mol. The molecule has 3 saturated heterocycles. The van der Waals surface area contributed by atoms with E-state index in [1.165, 1.54) is 18.9 Å². The predicted molar refractivity (Wildman–Crippen MR) is 106 cm³/mol. The van der Waals surface area contributed by atoms with Gasteiger partial charge in [0.15, 0.2) is 0 Å². The van der Waals surface area contributed by atoms with Gasteiger partial charge in [-0.3, -0.25) is 14.6 Å². The fourth-order valence-electron chi connectivity index (χ4n) is 4.78. The maximum Gasteiger partial charge on any atom is 0.227 e. The molecule has 1 amide bonds. The minimum Gasteiger partial charge on any atom is -0.377 e. The van der Waals surface area contributed by atoms with Gasteiger partial charge < -0.3 is 9.64 Å². The van der Waals surface area contributed by atoms with Crippen LogP contribution in [0.3, 0.4) is 0 Å². The summed E-state index contributed by atoms with van der Waals surface area (Å²) in [5.41, 5.74) is 0.982. The van der Waals surface area contributed by atoms with Crippen molar-refractivity contribution in [2.45, 2.75) is 38.3 Å². The van der Waals surface area contributed by atoms with E-state index in [9.17, 15) is 9.18 Å². The number of likely N-dealkylation sites (tertiary alicyclic amines) is 1. The minimum absolute atomic E-state index is 0.0759. The van der Waals surface area contributed by atoms with Crippen LogP contribution in [0.4, 0.5) is 4.39 Å². The Hall–Kier alpha value is -1.50. The maximum absolute atomic E-state index is 13.4. The van der Waals surface area contributed by atoms with Crippen LogP contribution in [0.2, 0.25) is 0 Å². The maximum atomic E-state index is 13.4. The number of ether oxygens (including phenoxy) is 1. The summed E-state index contributed by atoms with van der Waals surface area (Å²) < 4.78 is 19.2. The number of benzene rings is 1. The van der Waals surface area contributed by atoms with Crippen LogP contribution in [-0.4, -0.2) is 79.1 Å². The molecule has 1 aromatic rings. The normalized spacial score (nSPS) is 27.2. The van der Waals surface area contributed by atoms with E-state index in [0.29, 0.717) is 12.0 Å². The standard InChI is InChI=1S/C22H32FN3O2/c23-20-6-1-4-18(14-20)15-25-8-2-5-19(16-25)22(27)26-11-9-24(10-12-26)17-21-7-3-13-28-21/h1,4,6,14,19,21H,2-3,5,7-13,15-17H2. The van der Waals surface area contributed by atoms with Crippen molar-refractivity contribution in [1.29, 1.82) is 0 Å². The Bertz CT molecular complexity index is 657. The van der Waals surface area contributed by atoms with Crippen LogP contribution >= 0.6 is 0 Å². The molecule has 0 radical (unpaired) electrons. The number of carbonyl (C=O) groups excluding carboxylic acids is 1. The van der Waals surface area contributed by atoms with Gasteiger partial charge in [-0.15, -0.1) is 0 Å². The molecule has 6 heteroatoms. The summed E-state index contributed by atoms with van der Waals surface area (Å²) in [4.78, 5) is 19.9. The fourth-order valence-corrected chi connectivity index (χ4v) is 4.78. The van der Waals surface area contributed by atoms with Gasteiger partial charge >= 0.3 is 0 Å². The minimum atomic E-state index is -0.192. The van der Waals surface area contributed by atoms with Crippen LogP contribution in [0.1, 0.15) is 31.2 Å². The summed E-state index contributed by atoms with van der Waals surface area (Å²) in [5, 5.41) is 0. The SMILES string of the molecule is O=C(C1CCCN(Cc2cccc(F)c2)C1)N1CCN(CC2CCCO2)CC1. The molecule has 3 aliphatic heterocycles. The second kappa shape index (κ2) is 9.33. The molecule has 0 saturated carbocycles. The Morgan fingerprint density at radius 3 is 2.68 bits per heavy atom. The molecule has 5 nitrogen and oxygen atoms in total. The third-order valence-electron chi connectivity index (χ3n) is 6.32. The van der Waals surface area contributed by atoms with E-state index in [1.54, 1.807) is 12.1 Å². The summed E-state index contributed by atoms with van der Waals surface area (Å²) in [6, 6.07) is 6.79. The van der Waals surface area contributed by atoms with Gasteiger partial charge in [-0.1, -0.05) is 12.1 Å². The molecule has 3 aliphatic rings. The molecule has 0 aliphatic carbocycles. The van der Waals surface area contributed by atoms with Crippen LogP contribution in [-0.2, 0) is 16.1 Å². The van der Waals surface area contributed by atoms with Gasteiger partial charge in [0.1, 0.15) is 5.82 Å². The molecule has 0 aromatic heterocycles. The molecule has 4 rings (SSSR count). The van der Waals surface area contributed by atoms with Gasteiger partial charge in [0, 0.05) is 52.4 Å². The van der Waals surface area contributed by atoms with Crippen molar-refractivity contribution in [2.24, 2.45) is 5.92 Å². The highest BCUT2D eigenvalue weighted by molar-refractivity contribution is 5.79. The topological polar surface area (TPSA) is 36.0 Å². The second-order valence-corrected chi connectivity index (χ2v) is 8.47. The lowest BCUT2D eigenvalue weighted by molar-refractivity contribution is -0.139. The Balaban J connectivity index is 1.25. The first-order valence-electron chi connectivity index (χ1n) is 10.8. The largest absolute Gasteiger partial charge is 0.377 e. The molecule has 1 aromatic carbocycles. The van der Waals surface area contributed by atoms with Crippen molar-refractivity contribution < 1.29 is 13.9 Å². The Labute approximate surface area is 167 Å². The number of rotatable bonds is 5. The van der Waals surface area contributed by atoms with Gasteiger partial charge in [-0.25, -0.2) is 4.39 Å². The van der Waals surface area contributed by atoms with Crippen LogP contribution in [0.5, 0.6) is 0 Å². The summed E-state index contributed by atoms with van der Waals surface area (Å²) in [6.45, 7) is 7.94. The van der Waals surface area contributed by atoms with E-state index >= 15 is 0 Å². The third-order valence-corrected chi connectivity index (χ3v) is 6.32. The van der Waals surface area contributed by atoms with Crippen LogP contribution < -0.4 is 0 Å². The molecule has 0 spiro atoms. The van der Waals surface area contributed by atoms with Crippen LogP contribution in [0.25, 0.3) is 0 Å². The van der Waals surface area contributed by atoms with E-state index in [4.69, 9.17) is 4.74 Å². The highest BCUT2D eigenvalue weighted by Crippen LogP contribution is 2.22. The lowest BCUT2D eigenvalue weighted by Crippen LogP contribution is -2.53. The van der Waals surface area contributed by atoms with Gasteiger partial charge in [0.05, 0.1) is 12.0 Å². The van der Waals surface area contributed by atoms with E-state index in [0.717, 1.165) is 77.4 Å². The predicted octanol–water partition coefficient (Wildman–Crippen LogP) is 2.36. The smallest absolute Gasteiger partial charge is 0.227 e. The number of hydrogen-bond donors (Lipinski definition) is 0. The quantitative estimate of drug-likeness (QED) is 0.775. The summed E-state index contributed by atoms with van der Waals surface area (Å²) in [7, 11) is 0. The van der Waals surface area contributed by atoms with Crippen molar-refractivity contribution in [1.82, 2.24) is 14.7 Å². The lowest BCUT2D eigenvalue weighted by Gasteiger charge is -2.39. The van der Waals surface area contributed by atoms with Crippen LogP contribution in [0, 0.1) is 11.7 Å². The lowest BCUT2D eigenvalue weighted by atomic mass is 9.95. The molecule has 3 heterocycles. The number of piperazine rings is 1. The van der Waals surface area contributed by atoms with Gasteiger partial charge in [0.2, 0.25) is 5.91 Å². The third kappa shape index (κ3) is 5.10. The zero-order chi connectivity index (χ0) is 19.3. The van der Waals surface area contributed by atoms with E-state index in [2.05, 4.69) is 14.7 Å². The number of amides is 1. The fraction of sp³-hybridized carbons (Fsp3) is 0.682. The number of halogens is 1. The highest BCUT2D eigenvalue weighted by atomic mass is 19.1. The molecule has 28 heavy (non-hydrogen) atoms. The average Bonchev–Trinajstić information content (AvgIpc) is 3.21. The van der Waals surface area contributed by atoms with Gasteiger partial charge in [0.25, 0.3) is 0 Å². The molecule has 0 N–H and O–H groups in total. The van der Waals surface area contributed by atoms with Crippen molar-refractivity contribution in [3.05, 3.63) is 35.6 Å². The second-order valence-electron chi connectivity index (χ2n) is 8.47. The first-order chi connectivity index (χ1) is 13.7. The molecular formula is C22H32FN3O2. The Kier molecular flexibility index (Phi) is 6.60. The highest BCUT2D eigenvalue weighted by Gasteiger charge is 2.31. The Morgan fingerprint density at radius 2 is 1.93 bits per heavy atom. The number of piperidine rings is 1. The number of hydrogen-bond acceptors (Lipinski definition) is 4.